The molecule has 0 spiro atoms. The van der Waals surface area contributed by atoms with Gasteiger partial charge in [0.15, 0.2) is 0 Å². The summed E-state index contributed by atoms with van der Waals surface area (Å²) in [5, 5.41) is 2.90. The molecule has 1 fully saturated rings. The molecular formula is C20H33N3O3S. The molecule has 1 heterocycles. The van der Waals surface area contributed by atoms with E-state index in [4.69, 9.17) is 0 Å². The Morgan fingerprint density at radius 3 is 2.30 bits per heavy atom. The highest BCUT2D eigenvalue weighted by molar-refractivity contribution is 7.89. The quantitative estimate of drug-likeness (QED) is 0.652. The Morgan fingerprint density at radius 2 is 1.74 bits per heavy atom. The SMILES string of the molecule is CCCCNC(=O)CN1CCN(S(=O)(=O)c2ccc([C@H](C)CC)cc2)CC1. The molecule has 0 radical (unpaired) electrons. The third-order valence-electron chi connectivity index (χ3n) is 5.25. The predicted molar refractivity (Wildman–Crippen MR) is 108 cm³/mol. The maximum atomic E-state index is 12.9. The average Bonchev–Trinajstić information content (AvgIpc) is 2.68. The van der Waals surface area contributed by atoms with Crippen LogP contribution in [-0.4, -0.2) is 62.8 Å². The van der Waals surface area contributed by atoms with Crippen LogP contribution in [0, 0.1) is 0 Å². The number of unbranched alkanes of at least 4 members (excludes halogenated alkanes) is 1. The van der Waals surface area contributed by atoms with Gasteiger partial charge in [0.05, 0.1) is 11.4 Å². The first-order valence-electron chi connectivity index (χ1n) is 9.97. The van der Waals surface area contributed by atoms with E-state index < -0.39 is 10.0 Å². The predicted octanol–water partition coefficient (Wildman–Crippen LogP) is 2.42. The summed E-state index contributed by atoms with van der Waals surface area (Å²) in [6, 6.07) is 7.25. The van der Waals surface area contributed by atoms with Crippen molar-refractivity contribution in [2.24, 2.45) is 0 Å². The fourth-order valence-corrected chi connectivity index (χ4v) is 4.57. The third-order valence-corrected chi connectivity index (χ3v) is 7.16. The van der Waals surface area contributed by atoms with Crippen LogP contribution in [-0.2, 0) is 14.8 Å². The topological polar surface area (TPSA) is 69.7 Å². The zero-order valence-corrected chi connectivity index (χ0v) is 17.6. The Bertz CT molecular complexity index is 696. The number of sulfonamides is 1. The molecular weight excluding hydrogens is 362 g/mol. The van der Waals surface area contributed by atoms with Gasteiger partial charge in [-0.15, -0.1) is 0 Å². The van der Waals surface area contributed by atoms with Crippen LogP contribution in [0.25, 0.3) is 0 Å². The normalized spacial score (nSPS) is 17.6. The lowest BCUT2D eigenvalue weighted by Crippen LogP contribution is -2.51. The largest absolute Gasteiger partial charge is 0.355 e. The average molecular weight is 396 g/mol. The van der Waals surface area contributed by atoms with Crippen LogP contribution >= 0.6 is 0 Å². The van der Waals surface area contributed by atoms with Gasteiger partial charge in [-0.05, 0) is 36.5 Å². The highest BCUT2D eigenvalue weighted by Gasteiger charge is 2.29. The summed E-state index contributed by atoms with van der Waals surface area (Å²) in [7, 11) is -3.47. The van der Waals surface area contributed by atoms with E-state index in [2.05, 4.69) is 26.1 Å². The molecule has 2 rings (SSSR count). The van der Waals surface area contributed by atoms with E-state index in [0.717, 1.165) is 24.8 Å². The number of carbonyl (C=O) groups excluding carboxylic acids is 1. The minimum Gasteiger partial charge on any atom is -0.355 e. The maximum absolute atomic E-state index is 12.9. The van der Waals surface area contributed by atoms with Gasteiger partial charge in [0.2, 0.25) is 15.9 Å². The molecule has 1 aromatic rings. The molecule has 7 heteroatoms. The fourth-order valence-electron chi connectivity index (χ4n) is 3.14. The Morgan fingerprint density at radius 1 is 1.11 bits per heavy atom. The van der Waals surface area contributed by atoms with E-state index in [1.165, 1.54) is 4.31 Å². The van der Waals surface area contributed by atoms with Gasteiger partial charge in [0.25, 0.3) is 0 Å². The summed E-state index contributed by atoms with van der Waals surface area (Å²) in [5.41, 5.74) is 1.16. The smallest absolute Gasteiger partial charge is 0.243 e. The summed E-state index contributed by atoms with van der Waals surface area (Å²) in [6.45, 7) is 9.37. The Hall–Kier alpha value is -1.44. The first-order chi connectivity index (χ1) is 12.9. The molecule has 0 saturated carbocycles. The van der Waals surface area contributed by atoms with E-state index >= 15 is 0 Å². The van der Waals surface area contributed by atoms with Crippen LogP contribution in [0.15, 0.2) is 29.2 Å². The second kappa shape index (κ2) is 10.2. The first-order valence-corrected chi connectivity index (χ1v) is 11.4. The lowest BCUT2D eigenvalue weighted by molar-refractivity contribution is -0.122. The van der Waals surface area contributed by atoms with Gasteiger partial charge in [-0.25, -0.2) is 8.42 Å². The molecule has 0 unspecified atom stereocenters. The van der Waals surface area contributed by atoms with E-state index in [9.17, 15) is 13.2 Å². The van der Waals surface area contributed by atoms with Crippen molar-refractivity contribution in [1.29, 1.82) is 0 Å². The molecule has 1 N–H and O–H groups in total. The van der Waals surface area contributed by atoms with Crippen molar-refractivity contribution in [2.45, 2.75) is 50.8 Å². The minimum atomic E-state index is -3.47. The number of nitrogens with one attached hydrogen (secondary N) is 1. The van der Waals surface area contributed by atoms with Crippen molar-refractivity contribution in [2.75, 3.05) is 39.3 Å². The molecule has 0 aliphatic carbocycles. The van der Waals surface area contributed by atoms with Crippen LogP contribution in [0.2, 0.25) is 0 Å². The van der Waals surface area contributed by atoms with Crippen LogP contribution in [0.3, 0.4) is 0 Å². The minimum absolute atomic E-state index is 0.0142. The number of piperazine rings is 1. The van der Waals surface area contributed by atoms with Crippen molar-refractivity contribution >= 4 is 15.9 Å². The Labute approximate surface area is 164 Å². The van der Waals surface area contributed by atoms with Gasteiger partial charge >= 0.3 is 0 Å². The number of hydrogen-bond donors (Lipinski definition) is 1. The molecule has 6 nitrogen and oxygen atoms in total. The molecule has 27 heavy (non-hydrogen) atoms. The van der Waals surface area contributed by atoms with Crippen LogP contribution < -0.4 is 5.32 Å². The summed E-state index contributed by atoms with van der Waals surface area (Å²) in [5.74, 6) is 0.439. The van der Waals surface area contributed by atoms with Crippen molar-refractivity contribution in [1.82, 2.24) is 14.5 Å². The molecule has 0 bridgehead atoms. The van der Waals surface area contributed by atoms with Gasteiger partial charge in [-0.2, -0.15) is 4.31 Å². The van der Waals surface area contributed by atoms with Crippen molar-refractivity contribution in [3.8, 4) is 0 Å². The standard InChI is InChI=1S/C20H33N3O3S/c1-4-6-11-21-20(24)16-22-12-14-23(15-13-22)27(25,26)19-9-7-18(8-10-19)17(3)5-2/h7-10,17H,4-6,11-16H2,1-3H3,(H,21,24)/t17-/m1/s1. The molecule has 1 amide bonds. The van der Waals surface area contributed by atoms with Gasteiger partial charge in [0.1, 0.15) is 0 Å². The van der Waals surface area contributed by atoms with Crippen molar-refractivity contribution in [3.63, 3.8) is 0 Å². The first kappa shape index (κ1) is 21.9. The molecule has 1 aliphatic rings. The molecule has 1 atom stereocenters. The summed E-state index contributed by atoms with van der Waals surface area (Å²) < 4.78 is 27.3. The second-order valence-electron chi connectivity index (χ2n) is 7.26. The third kappa shape index (κ3) is 6.02. The number of benzene rings is 1. The van der Waals surface area contributed by atoms with Gasteiger partial charge in [0, 0.05) is 32.7 Å². The van der Waals surface area contributed by atoms with Gasteiger partial charge in [-0.1, -0.05) is 39.3 Å². The highest BCUT2D eigenvalue weighted by atomic mass is 32.2. The zero-order chi connectivity index (χ0) is 19.9. The highest BCUT2D eigenvalue weighted by Crippen LogP contribution is 2.23. The second-order valence-corrected chi connectivity index (χ2v) is 9.20. The number of rotatable bonds is 9. The molecule has 152 valence electrons. The van der Waals surface area contributed by atoms with Crippen LogP contribution in [0.5, 0.6) is 0 Å². The Kier molecular flexibility index (Phi) is 8.26. The number of hydrogen-bond acceptors (Lipinski definition) is 4. The molecule has 1 aliphatic heterocycles. The molecule has 1 saturated heterocycles. The van der Waals surface area contributed by atoms with Crippen LogP contribution in [0.4, 0.5) is 0 Å². The molecule has 0 aromatic heterocycles. The van der Waals surface area contributed by atoms with E-state index in [1.54, 1.807) is 12.1 Å². The Balaban J connectivity index is 1.89. The monoisotopic (exact) mass is 395 g/mol. The maximum Gasteiger partial charge on any atom is 0.243 e. The zero-order valence-electron chi connectivity index (χ0n) is 16.8. The fraction of sp³-hybridized carbons (Fsp3) is 0.650. The van der Waals surface area contributed by atoms with E-state index in [0.29, 0.717) is 50.1 Å². The van der Waals surface area contributed by atoms with Crippen molar-refractivity contribution < 1.29 is 13.2 Å². The summed E-state index contributed by atoms with van der Waals surface area (Å²) in [4.78, 5) is 14.3. The summed E-state index contributed by atoms with van der Waals surface area (Å²) >= 11 is 0. The molecule has 1 aromatic carbocycles. The summed E-state index contributed by atoms with van der Waals surface area (Å²) in [6.07, 6.45) is 3.06. The number of amides is 1. The van der Waals surface area contributed by atoms with E-state index in [-0.39, 0.29) is 5.91 Å². The lowest BCUT2D eigenvalue weighted by atomic mass is 9.99. The van der Waals surface area contributed by atoms with Crippen LogP contribution in [0.1, 0.15) is 51.5 Å². The number of nitrogens with zero attached hydrogens (tertiary/aromatic N) is 2. The van der Waals surface area contributed by atoms with Gasteiger partial charge < -0.3 is 5.32 Å². The van der Waals surface area contributed by atoms with Crippen molar-refractivity contribution in [3.05, 3.63) is 29.8 Å². The van der Waals surface area contributed by atoms with E-state index in [1.807, 2.05) is 17.0 Å². The van der Waals surface area contributed by atoms with Gasteiger partial charge in [-0.3, -0.25) is 9.69 Å². The number of carbonyl (C=O) groups is 1. The lowest BCUT2D eigenvalue weighted by Gasteiger charge is -2.33.